The molecule has 0 radical (unpaired) electrons. The van der Waals surface area contributed by atoms with Crippen LogP contribution in [0.25, 0.3) is 11.4 Å². The van der Waals surface area contributed by atoms with E-state index in [9.17, 15) is 56.0 Å². The lowest BCUT2D eigenvalue weighted by Gasteiger charge is -2.20. The molecule has 0 spiro atoms. The molecule has 4 aromatic carbocycles. The zero-order valence-electron chi connectivity index (χ0n) is 41.1. The lowest BCUT2D eigenvalue weighted by atomic mass is 10.1. The summed E-state index contributed by atoms with van der Waals surface area (Å²) in [5.74, 6) is 2.89. The first-order chi connectivity index (χ1) is 35.7. The molecule has 4 N–H and O–H groups in total. The van der Waals surface area contributed by atoms with Gasteiger partial charge in [-0.15, -0.1) is 10.5 Å². The van der Waals surface area contributed by atoms with Gasteiger partial charge in [0, 0.05) is 75.1 Å². The number of rotatable bonds is 22. The number of pyridine rings is 2. The topological polar surface area (TPSA) is 177 Å². The number of carbonyl (C=O) groups excluding carboxylic acids is 2. The fourth-order valence-corrected chi connectivity index (χ4v) is 10.2. The predicted molar refractivity (Wildman–Crippen MR) is 278 cm³/mol. The monoisotopic (exact) mass is 1070 g/mol. The fourth-order valence-electron chi connectivity index (χ4n) is 7.82. The van der Waals surface area contributed by atoms with E-state index in [0.717, 1.165) is 46.4 Å². The van der Waals surface area contributed by atoms with Crippen LogP contribution in [0.3, 0.4) is 0 Å². The van der Waals surface area contributed by atoms with Crippen LogP contribution in [0.2, 0.25) is 0 Å². The van der Waals surface area contributed by atoms with Gasteiger partial charge in [0.1, 0.15) is 11.1 Å². The molecule has 0 aliphatic carbocycles. The average molecular weight is 1070 g/mol. The normalized spacial score (nSPS) is 12.0. The van der Waals surface area contributed by atoms with Crippen LogP contribution in [0.5, 0.6) is 0 Å². The van der Waals surface area contributed by atoms with Crippen molar-refractivity contribution in [3.05, 3.63) is 175 Å². The van der Waals surface area contributed by atoms with Crippen molar-refractivity contribution in [3.8, 4) is 23.5 Å². The number of halogens is 6. The second-order valence-electron chi connectivity index (χ2n) is 17.2. The van der Waals surface area contributed by atoms with Gasteiger partial charge in [-0.1, -0.05) is 29.8 Å². The number of carbonyl (C=O) groups is 2. The summed E-state index contributed by atoms with van der Waals surface area (Å²) in [5, 5.41) is 30.5. The maximum atomic E-state index is 13.9. The number of likely N-dealkylation sites (N-methyl/N-ethyl adjacent to an activating group) is 1. The maximum absolute atomic E-state index is 13.9. The molecule has 2 heterocycles. The van der Waals surface area contributed by atoms with Gasteiger partial charge in [0.2, 0.25) is 0 Å². The first-order valence-corrected chi connectivity index (χ1v) is 25.7. The molecular formula is C54H53F6N9O4S2. The molecule has 75 heavy (non-hydrogen) atoms. The second-order valence-corrected chi connectivity index (χ2v) is 20.0. The van der Waals surface area contributed by atoms with E-state index in [2.05, 4.69) is 32.0 Å². The third-order valence-electron chi connectivity index (χ3n) is 11.9. The van der Waals surface area contributed by atoms with Crippen molar-refractivity contribution < 1.29 is 35.9 Å². The van der Waals surface area contributed by atoms with Gasteiger partial charge in [-0.3, -0.25) is 28.3 Å². The van der Waals surface area contributed by atoms with Crippen molar-refractivity contribution in [2.24, 2.45) is 0 Å². The Labute approximate surface area is 436 Å². The number of nitrogens with zero attached hydrogens (tertiary/aromatic N) is 5. The van der Waals surface area contributed by atoms with Crippen molar-refractivity contribution in [1.82, 2.24) is 35.3 Å². The van der Waals surface area contributed by atoms with Crippen LogP contribution in [0, 0.1) is 36.5 Å². The van der Waals surface area contributed by atoms with Crippen molar-refractivity contribution in [1.29, 1.82) is 10.5 Å². The number of nitrogens with one attached hydrogen (secondary N) is 4. The van der Waals surface area contributed by atoms with Gasteiger partial charge in [0.25, 0.3) is 22.9 Å². The molecule has 2 aromatic heterocycles. The van der Waals surface area contributed by atoms with Crippen LogP contribution in [-0.4, -0.2) is 91.1 Å². The molecule has 0 aliphatic heterocycles. The lowest BCUT2D eigenvalue weighted by molar-refractivity contribution is -0.138. The van der Waals surface area contributed by atoms with E-state index in [1.807, 2.05) is 19.2 Å². The Morgan fingerprint density at radius 1 is 0.640 bits per heavy atom. The Bertz CT molecular complexity index is 3250. The Hall–Kier alpha value is -7.27. The molecule has 13 nitrogen and oxygen atoms in total. The molecule has 21 heteroatoms. The molecule has 1 atom stereocenters. The summed E-state index contributed by atoms with van der Waals surface area (Å²) in [5.41, 5.74) is -2.58. The molecule has 0 fully saturated rings. The van der Waals surface area contributed by atoms with Gasteiger partial charge < -0.3 is 26.2 Å². The van der Waals surface area contributed by atoms with Crippen LogP contribution in [0.15, 0.2) is 138 Å². The third-order valence-corrected chi connectivity index (χ3v) is 14.8. The molecule has 0 aliphatic rings. The van der Waals surface area contributed by atoms with E-state index < -0.39 is 56.9 Å². The zero-order chi connectivity index (χ0) is 54.5. The van der Waals surface area contributed by atoms with Crippen molar-refractivity contribution >= 4 is 39.9 Å². The zero-order valence-corrected chi connectivity index (χ0v) is 42.8. The summed E-state index contributed by atoms with van der Waals surface area (Å²) in [6, 6.07) is 28.9. The van der Waals surface area contributed by atoms with E-state index in [0.29, 0.717) is 81.2 Å². The largest absolute Gasteiger partial charge is 0.416 e. The Balaban J connectivity index is 0.955. The number of aromatic nitrogens is 2. The average Bonchev–Trinajstić information content (AvgIpc) is 3.38. The highest BCUT2D eigenvalue weighted by molar-refractivity contribution is 8.14. The minimum atomic E-state index is -4.67. The van der Waals surface area contributed by atoms with E-state index in [1.165, 1.54) is 48.2 Å². The number of hydrogen-bond acceptors (Lipinski definition) is 10. The van der Waals surface area contributed by atoms with E-state index in [4.69, 9.17) is 0 Å². The summed E-state index contributed by atoms with van der Waals surface area (Å²) in [6.07, 6.45) is -8.05. The molecule has 6 rings (SSSR count). The molecule has 0 saturated carbocycles. The number of alkyl halides is 6. The lowest BCUT2D eigenvalue weighted by Crippen LogP contribution is -2.37. The first-order valence-electron chi connectivity index (χ1n) is 23.5. The third kappa shape index (κ3) is 15.0. The summed E-state index contributed by atoms with van der Waals surface area (Å²) in [7, 11) is 0.970. The minimum absolute atomic E-state index is 0.0491. The molecule has 0 bridgehead atoms. The van der Waals surface area contributed by atoms with Gasteiger partial charge in [0.05, 0.1) is 34.4 Å². The number of nitriles is 2. The minimum Gasteiger partial charge on any atom is -0.352 e. The molecule has 2 amide bonds. The second kappa shape index (κ2) is 25.8. The molecular weight excluding hydrogens is 1020 g/mol. The molecule has 0 saturated heterocycles. The molecule has 1 unspecified atom stereocenters. The Morgan fingerprint density at radius 2 is 1.15 bits per heavy atom. The number of hydrogen-bond donors (Lipinski definition) is 4. The number of benzene rings is 4. The highest BCUT2D eigenvalue weighted by Crippen LogP contribution is 2.38. The van der Waals surface area contributed by atoms with Crippen LogP contribution in [0.4, 0.5) is 26.3 Å². The highest BCUT2D eigenvalue weighted by Gasteiger charge is 2.32. The van der Waals surface area contributed by atoms with E-state index in [-0.39, 0.29) is 35.6 Å². The summed E-state index contributed by atoms with van der Waals surface area (Å²) >= 11 is 1.20. The smallest absolute Gasteiger partial charge is 0.352 e. The van der Waals surface area contributed by atoms with Crippen molar-refractivity contribution in [3.63, 3.8) is 0 Å². The number of amides is 2. The summed E-state index contributed by atoms with van der Waals surface area (Å²) < 4.78 is 84.4. The van der Waals surface area contributed by atoms with Gasteiger partial charge >= 0.3 is 12.4 Å². The van der Waals surface area contributed by atoms with Crippen molar-refractivity contribution in [2.75, 3.05) is 59.4 Å². The highest BCUT2D eigenvalue weighted by atomic mass is 32.2. The van der Waals surface area contributed by atoms with Crippen LogP contribution in [-0.2, 0) is 12.4 Å². The standard InChI is InChI=1S/C54H53F6N9O4S2/c1-35-47(74-43-17-13-37(33-61)14-18-43)31-45(51(72)68(35)41-11-5-9-39(29-41)53(55,56)57)49(70)66-25-24-63-22-8-27-67(3)28-26-64-21-7-23-65-50(71)46-32-48(75(4)44-19-15-38(34-62)16-20-44)36(2)69(52(46)73)42-12-6-10-40(30-42)54(58,59)60/h5-6,9-20,29-32,63-64H,4,7-8,21-28H2,1-3H3,(H,65,71)(H,66,70). The van der Waals surface area contributed by atoms with Gasteiger partial charge in [-0.25, -0.2) is 0 Å². The molecule has 6 aromatic rings. The quantitative estimate of drug-likeness (QED) is 0.0292. The molecule has 392 valence electrons. The van der Waals surface area contributed by atoms with Crippen LogP contribution >= 0.6 is 22.2 Å². The Morgan fingerprint density at radius 3 is 1.71 bits per heavy atom. The fraction of sp³-hybridized carbons (Fsp3) is 0.278. The van der Waals surface area contributed by atoms with Crippen LogP contribution in [0.1, 0.15) is 67.2 Å². The van der Waals surface area contributed by atoms with Crippen LogP contribution < -0.4 is 32.4 Å². The summed E-state index contributed by atoms with van der Waals surface area (Å²) in [4.78, 5) is 59.1. The van der Waals surface area contributed by atoms with Gasteiger partial charge in [0.15, 0.2) is 0 Å². The van der Waals surface area contributed by atoms with E-state index in [1.54, 1.807) is 62.4 Å². The Kier molecular flexibility index (Phi) is 19.6. The SMILES string of the molecule is C=S(c1ccc(C#N)cc1)c1cc(C(=O)NCCCNCCN(C)CCCNCCNC(=O)c2cc(Sc3ccc(C#N)cc3)c(C)n(-c3cccc(C(F)(F)F)c3)c2=O)c(=O)n(-c2cccc(C(F)(F)F)c2)c1C. The first kappa shape index (κ1) is 57.0. The van der Waals surface area contributed by atoms with Gasteiger partial charge in [-0.05, 0) is 150 Å². The van der Waals surface area contributed by atoms with Crippen molar-refractivity contribution in [2.45, 2.75) is 58.6 Å². The van der Waals surface area contributed by atoms with Gasteiger partial charge in [-0.2, -0.15) is 36.9 Å². The maximum Gasteiger partial charge on any atom is 0.416 e. The summed E-state index contributed by atoms with van der Waals surface area (Å²) in [6.45, 7) is 7.15. The van der Waals surface area contributed by atoms with E-state index >= 15 is 0 Å². The predicted octanol–water partition coefficient (Wildman–Crippen LogP) is 8.71.